The van der Waals surface area contributed by atoms with Crippen molar-refractivity contribution in [1.29, 1.82) is 0 Å². The van der Waals surface area contributed by atoms with Crippen molar-refractivity contribution < 1.29 is 9.53 Å². The molecule has 0 N–H and O–H groups in total. The molecule has 0 spiro atoms. The van der Waals surface area contributed by atoms with Crippen molar-refractivity contribution >= 4 is 17.6 Å². The first-order valence-electron chi connectivity index (χ1n) is 3.64. The number of carbonyl (C=O) groups excluding carboxylic acids is 1. The highest BCUT2D eigenvalue weighted by Crippen LogP contribution is 2.26. The molecule has 3 heteroatoms. The Morgan fingerprint density at radius 3 is 3.00 bits per heavy atom. The fourth-order valence-electron chi connectivity index (χ4n) is 1.25. The predicted molar refractivity (Wildman–Crippen MR) is 45.3 cm³/mol. The number of cyclic esters (lactones) is 1. The van der Waals surface area contributed by atoms with E-state index in [9.17, 15) is 4.79 Å². The van der Waals surface area contributed by atoms with Gasteiger partial charge in [-0.05, 0) is 24.6 Å². The Morgan fingerprint density at radius 2 is 2.25 bits per heavy atom. The molecule has 12 heavy (non-hydrogen) atoms. The maximum atomic E-state index is 11.1. The van der Waals surface area contributed by atoms with Crippen LogP contribution in [0.25, 0.3) is 0 Å². The average molecular weight is 183 g/mol. The summed E-state index contributed by atoms with van der Waals surface area (Å²) in [6.07, 6.45) is 0. The van der Waals surface area contributed by atoms with Gasteiger partial charge in [0.25, 0.3) is 0 Å². The Bertz CT molecular complexity index is 358. The van der Waals surface area contributed by atoms with Gasteiger partial charge in [0.2, 0.25) is 0 Å². The van der Waals surface area contributed by atoms with Gasteiger partial charge in [0.15, 0.2) is 0 Å². The largest absolute Gasteiger partial charge is 0.457 e. The van der Waals surface area contributed by atoms with Gasteiger partial charge in [-0.1, -0.05) is 11.6 Å². The van der Waals surface area contributed by atoms with Crippen molar-refractivity contribution in [3.63, 3.8) is 0 Å². The number of hydrogen-bond acceptors (Lipinski definition) is 2. The normalized spacial score (nSPS) is 14.3. The Balaban J connectivity index is 2.63. The van der Waals surface area contributed by atoms with E-state index in [2.05, 4.69) is 0 Å². The Kier molecular flexibility index (Phi) is 1.58. The Hall–Kier alpha value is -1.02. The van der Waals surface area contributed by atoms with Gasteiger partial charge in [-0.25, -0.2) is 4.79 Å². The number of ether oxygens (including phenoxy) is 1. The summed E-state index contributed by atoms with van der Waals surface area (Å²) in [4.78, 5) is 11.1. The van der Waals surface area contributed by atoms with Crippen LogP contribution in [0.15, 0.2) is 12.1 Å². The summed E-state index contributed by atoms with van der Waals surface area (Å²) in [5, 5.41) is 0.687. The van der Waals surface area contributed by atoms with Crippen molar-refractivity contribution in [3.8, 4) is 0 Å². The van der Waals surface area contributed by atoms with Crippen LogP contribution in [-0.4, -0.2) is 5.97 Å². The zero-order chi connectivity index (χ0) is 8.72. The second kappa shape index (κ2) is 2.49. The molecule has 0 aromatic heterocycles. The van der Waals surface area contributed by atoms with E-state index in [1.165, 1.54) is 0 Å². The Labute approximate surface area is 75.1 Å². The van der Waals surface area contributed by atoms with Gasteiger partial charge in [-0.3, -0.25) is 0 Å². The van der Waals surface area contributed by atoms with Gasteiger partial charge in [0.05, 0.1) is 5.56 Å². The minimum atomic E-state index is -0.246. The molecule has 1 aromatic carbocycles. The minimum absolute atomic E-state index is 0.246. The summed E-state index contributed by atoms with van der Waals surface area (Å²) in [6.45, 7) is 2.22. The van der Waals surface area contributed by atoms with Gasteiger partial charge in [0.1, 0.15) is 6.61 Å². The van der Waals surface area contributed by atoms with Crippen LogP contribution in [0, 0.1) is 6.92 Å². The van der Waals surface area contributed by atoms with Crippen LogP contribution in [0.1, 0.15) is 21.5 Å². The first-order valence-corrected chi connectivity index (χ1v) is 4.02. The van der Waals surface area contributed by atoms with Crippen LogP contribution in [0.3, 0.4) is 0 Å². The van der Waals surface area contributed by atoms with E-state index in [0.29, 0.717) is 17.2 Å². The number of halogens is 1. The zero-order valence-corrected chi connectivity index (χ0v) is 7.31. The van der Waals surface area contributed by atoms with Crippen LogP contribution in [0.5, 0.6) is 0 Å². The molecule has 1 aliphatic rings. The van der Waals surface area contributed by atoms with Gasteiger partial charge in [0, 0.05) is 10.6 Å². The lowest BCUT2D eigenvalue weighted by atomic mass is 10.1. The summed E-state index contributed by atoms with van der Waals surface area (Å²) in [7, 11) is 0. The first kappa shape index (κ1) is 7.62. The lowest BCUT2D eigenvalue weighted by Gasteiger charge is -1.98. The number of esters is 1. The third-order valence-corrected chi connectivity index (χ3v) is 2.37. The fraction of sp³-hybridized carbons (Fsp3) is 0.222. The van der Waals surface area contributed by atoms with E-state index < -0.39 is 0 Å². The highest BCUT2D eigenvalue weighted by Gasteiger charge is 2.21. The summed E-state index contributed by atoms with van der Waals surface area (Å²) in [5.41, 5.74) is 2.45. The summed E-state index contributed by atoms with van der Waals surface area (Å²) >= 11 is 5.87. The number of fused-ring (bicyclic) bond motifs is 1. The number of aryl methyl sites for hydroxylation is 1. The molecule has 2 rings (SSSR count). The molecule has 1 aliphatic heterocycles. The number of rotatable bonds is 0. The quantitative estimate of drug-likeness (QED) is 0.576. The van der Waals surface area contributed by atoms with Crippen LogP contribution >= 0.6 is 11.6 Å². The average Bonchev–Trinajstić information content (AvgIpc) is 2.35. The molecule has 1 heterocycles. The van der Waals surface area contributed by atoms with Crippen molar-refractivity contribution in [1.82, 2.24) is 0 Å². The second-order valence-corrected chi connectivity index (χ2v) is 3.24. The molecule has 0 radical (unpaired) electrons. The summed E-state index contributed by atoms with van der Waals surface area (Å²) < 4.78 is 4.84. The second-order valence-electron chi connectivity index (χ2n) is 2.83. The molecule has 0 amide bonds. The van der Waals surface area contributed by atoms with Crippen molar-refractivity contribution in [3.05, 3.63) is 33.8 Å². The van der Waals surface area contributed by atoms with E-state index in [1.807, 2.05) is 6.92 Å². The third-order valence-electron chi connectivity index (χ3n) is 1.96. The van der Waals surface area contributed by atoms with E-state index in [1.54, 1.807) is 12.1 Å². The lowest BCUT2D eigenvalue weighted by molar-refractivity contribution is 0.0535. The topological polar surface area (TPSA) is 26.3 Å². The molecule has 62 valence electrons. The first-order chi connectivity index (χ1) is 5.68. The van der Waals surface area contributed by atoms with Gasteiger partial charge < -0.3 is 4.74 Å². The van der Waals surface area contributed by atoms with Crippen LogP contribution in [0.2, 0.25) is 5.02 Å². The highest BCUT2D eigenvalue weighted by molar-refractivity contribution is 6.31. The van der Waals surface area contributed by atoms with E-state index >= 15 is 0 Å². The molecule has 0 fully saturated rings. The molecular formula is C9H7ClO2. The number of hydrogen-bond donors (Lipinski definition) is 0. The molecular weight excluding hydrogens is 176 g/mol. The SMILES string of the molecule is Cc1cc2c(cc1Cl)COC2=O. The van der Waals surface area contributed by atoms with Crippen LogP contribution in [-0.2, 0) is 11.3 Å². The predicted octanol–water partition coefficient (Wildman–Crippen LogP) is 2.32. The van der Waals surface area contributed by atoms with Crippen molar-refractivity contribution in [2.24, 2.45) is 0 Å². The van der Waals surface area contributed by atoms with Crippen molar-refractivity contribution in [2.75, 3.05) is 0 Å². The summed E-state index contributed by atoms with van der Waals surface area (Å²) in [6, 6.07) is 3.56. The van der Waals surface area contributed by atoms with Crippen molar-refractivity contribution in [2.45, 2.75) is 13.5 Å². The summed E-state index contributed by atoms with van der Waals surface area (Å²) in [5.74, 6) is -0.246. The fourth-order valence-corrected chi connectivity index (χ4v) is 1.44. The lowest BCUT2D eigenvalue weighted by Crippen LogP contribution is -1.93. The molecule has 0 atom stereocenters. The van der Waals surface area contributed by atoms with Gasteiger partial charge >= 0.3 is 5.97 Å². The highest BCUT2D eigenvalue weighted by atomic mass is 35.5. The standard InChI is InChI=1S/C9H7ClO2/c1-5-2-7-6(3-8(5)10)4-12-9(7)11/h2-3H,4H2,1H3. The maximum Gasteiger partial charge on any atom is 0.338 e. The maximum absolute atomic E-state index is 11.1. The Morgan fingerprint density at radius 1 is 1.50 bits per heavy atom. The number of benzene rings is 1. The zero-order valence-electron chi connectivity index (χ0n) is 6.56. The molecule has 0 saturated heterocycles. The van der Waals surface area contributed by atoms with Crippen LogP contribution in [0.4, 0.5) is 0 Å². The third kappa shape index (κ3) is 0.994. The monoisotopic (exact) mass is 182 g/mol. The molecule has 1 aromatic rings. The van der Waals surface area contributed by atoms with E-state index in [-0.39, 0.29) is 5.97 Å². The van der Waals surface area contributed by atoms with Crippen LogP contribution < -0.4 is 0 Å². The van der Waals surface area contributed by atoms with E-state index in [0.717, 1.165) is 11.1 Å². The molecule has 0 unspecified atom stereocenters. The smallest absolute Gasteiger partial charge is 0.338 e. The molecule has 0 aliphatic carbocycles. The van der Waals surface area contributed by atoms with E-state index in [4.69, 9.17) is 16.3 Å². The molecule has 0 bridgehead atoms. The van der Waals surface area contributed by atoms with Gasteiger partial charge in [-0.15, -0.1) is 0 Å². The van der Waals surface area contributed by atoms with Gasteiger partial charge in [-0.2, -0.15) is 0 Å². The number of carbonyl (C=O) groups is 1. The molecule has 0 saturated carbocycles. The minimum Gasteiger partial charge on any atom is -0.457 e. The molecule has 2 nitrogen and oxygen atoms in total.